The van der Waals surface area contributed by atoms with Crippen molar-refractivity contribution in [2.24, 2.45) is 5.92 Å². The fourth-order valence-electron chi connectivity index (χ4n) is 3.90. The van der Waals surface area contributed by atoms with Gasteiger partial charge < -0.3 is 14.0 Å². The second-order valence-electron chi connectivity index (χ2n) is 6.98. The molecule has 2 atom stereocenters. The number of imidazole rings is 1. The average Bonchev–Trinajstić information content (AvgIpc) is 3.12. The number of rotatable bonds is 6. The molecule has 1 aliphatic rings. The van der Waals surface area contributed by atoms with Gasteiger partial charge in [0.15, 0.2) is 5.92 Å². The van der Waals surface area contributed by atoms with Crippen molar-refractivity contribution in [3.8, 4) is 0 Å². The molecule has 4 rings (SSSR count). The van der Waals surface area contributed by atoms with Gasteiger partial charge in [-0.05, 0) is 36.8 Å². The Balaban J connectivity index is 1.97. The first-order chi connectivity index (χ1) is 14.6. The van der Waals surface area contributed by atoms with Crippen molar-refractivity contribution in [2.45, 2.75) is 13.0 Å². The van der Waals surface area contributed by atoms with E-state index >= 15 is 0 Å². The van der Waals surface area contributed by atoms with Crippen molar-refractivity contribution >= 4 is 40.5 Å². The first-order valence-electron chi connectivity index (χ1n) is 9.76. The van der Waals surface area contributed by atoms with E-state index in [1.807, 2.05) is 41.0 Å². The van der Waals surface area contributed by atoms with Crippen LogP contribution in [0.4, 0.5) is 5.95 Å². The number of anilines is 1. The molecule has 2 aromatic carbocycles. The molecule has 8 heteroatoms. The summed E-state index contributed by atoms with van der Waals surface area (Å²) in [6, 6.07) is 14.2. The highest BCUT2D eigenvalue weighted by Gasteiger charge is 2.47. The molecule has 0 radical (unpaired) electrons. The Morgan fingerprint density at radius 2 is 1.90 bits per heavy atom. The quantitative estimate of drug-likeness (QED) is 0.445. The van der Waals surface area contributed by atoms with Gasteiger partial charge in [0, 0.05) is 12.1 Å². The number of amides is 1. The number of aromatic nitrogens is 2. The Kier molecular flexibility index (Phi) is 5.74. The second-order valence-corrected chi connectivity index (χ2v) is 7.42. The fraction of sp³-hybridized carbons (Fsp3) is 0.318. The predicted octanol–water partition coefficient (Wildman–Crippen LogP) is 3.45. The maximum atomic E-state index is 13.5. The lowest BCUT2D eigenvalue weighted by Crippen LogP contribution is -2.51. The lowest BCUT2D eigenvalue weighted by Gasteiger charge is -2.37. The number of hydrogen-bond acceptors (Lipinski definition) is 5. The summed E-state index contributed by atoms with van der Waals surface area (Å²) in [5.74, 6) is -1.48. The van der Waals surface area contributed by atoms with Crippen LogP contribution in [0.2, 0.25) is 5.02 Å². The smallest absolute Gasteiger partial charge is 0.321 e. The van der Waals surface area contributed by atoms with Crippen molar-refractivity contribution in [1.82, 2.24) is 9.55 Å². The van der Waals surface area contributed by atoms with Gasteiger partial charge in [-0.25, -0.2) is 4.98 Å². The summed E-state index contributed by atoms with van der Waals surface area (Å²) in [6.07, 6.45) is 0. The molecule has 0 aliphatic carbocycles. The van der Waals surface area contributed by atoms with Crippen LogP contribution in [0.1, 0.15) is 18.5 Å². The zero-order chi connectivity index (χ0) is 21.3. The van der Waals surface area contributed by atoms with E-state index in [9.17, 15) is 9.59 Å². The average molecular weight is 428 g/mol. The molecular weight excluding hydrogens is 406 g/mol. The third-order valence-electron chi connectivity index (χ3n) is 5.22. The van der Waals surface area contributed by atoms with Gasteiger partial charge in [-0.3, -0.25) is 14.5 Å². The molecule has 1 aliphatic heterocycles. The van der Waals surface area contributed by atoms with Gasteiger partial charge in [0.25, 0.3) is 0 Å². The van der Waals surface area contributed by atoms with Crippen LogP contribution in [0, 0.1) is 5.92 Å². The lowest BCUT2D eigenvalue weighted by molar-refractivity contribution is -0.153. The number of para-hydroxylation sites is 2. The standard InChI is InChI=1S/C22H22ClN3O4/c1-3-30-21(28)18-19(14-8-10-15(23)11-9-14)26-17-7-5-4-6-16(17)24-22(26)25(20(18)27)12-13-29-2/h4-11,18-19H,3,12-13H2,1-2H3/t18-,19+/m1/s1. The Hall–Kier alpha value is -2.90. The lowest BCUT2D eigenvalue weighted by atomic mass is 9.89. The zero-order valence-electron chi connectivity index (χ0n) is 16.7. The molecule has 2 heterocycles. The van der Waals surface area contributed by atoms with Gasteiger partial charge in [0.05, 0.1) is 36.8 Å². The molecule has 0 spiro atoms. The van der Waals surface area contributed by atoms with E-state index in [2.05, 4.69) is 0 Å². The number of fused-ring (bicyclic) bond motifs is 3. The van der Waals surface area contributed by atoms with Gasteiger partial charge in [0.2, 0.25) is 11.9 Å². The summed E-state index contributed by atoms with van der Waals surface area (Å²) in [6.45, 7) is 2.51. The number of esters is 1. The summed E-state index contributed by atoms with van der Waals surface area (Å²) in [5.41, 5.74) is 2.35. The Bertz CT molecular complexity index is 1080. The van der Waals surface area contributed by atoms with E-state index in [0.29, 0.717) is 17.6 Å². The van der Waals surface area contributed by atoms with Crippen LogP contribution in [0.15, 0.2) is 48.5 Å². The molecule has 1 amide bonds. The predicted molar refractivity (Wildman–Crippen MR) is 114 cm³/mol. The van der Waals surface area contributed by atoms with Crippen molar-refractivity contribution in [3.63, 3.8) is 0 Å². The number of ether oxygens (including phenoxy) is 2. The minimum atomic E-state index is -1.05. The number of benzene rings is 2. The second kappa shape index (κ2) is 8.45. The monoisotopic (exact) mass is 427 g/mol. The first kappa shape index (κ1) is 20.4. The highest BCUT2D eigenvalue weighted by atomic mass is 35.5. The SMILES string of the molecule is CCOC(=O)[C@H]1C(=O)N(CCOC)c2nc3ccccc3n2[C@H]1c1ccc(Cl)cc1. The van der Waals surface area contributed by atoms with E-state index < -0.39 is 17.9 Å². The minimum Gasteiger partial charge on any atom is -0.465 e. The maximum absolute atomic E-state index is 13.5. The van der Waals surface area contributed by atoms with E-state index in [1.54, 1.807) is 26.2 Å². The molecule has 0 bridgehead atoms. The number of methoxy groups -OCH3 is 1. The Morgan fingerprint density at radius 1 is 1.17 bits per heavy atom. The molecule has 0 unspecified atom stereocenters. The van der Waals surface area contributed by atoms with E-state index in [1.165, 1.54) is 4.90 Å². The summed E-state index contributed by atoms with van der Waals surface area (Å²) in [4.78, 5) is 32.7. The molecule has 1 aromatic heterocycles. The number of carbonyl (C=O) groups excluding carboxylic acids is 2. The highest BCUT2D eigenvalue weighted by molar-refractivity contribution is 6.30. The molecule has 7 nitrogen and oxygen atoms in total. The number of carbonyl (C=O) groups is 2. The minimum absolute atomic E-state index is 0.186. The molecule has 0 saturated heterocycles. The summed E-state index contributed by atoms with van der Waals surface area (Å²) >= 11 is 6.08. The summed E-state index contributed by atoms with van der Waals surface area (Å²) in [5, 5.41) is 0.575. The molecule has 156 valence electrons. The van der Waals surface area contributed by atoms with E-state index in [-0.39, 0.29) is 19.1 Å². The van der Waals surface area contributed by atoms with Crippen LogP contribution in [-0.4, -0.2) is 48.3 Å². The highest BCUT2D eigenvalue weighted by Crippen LogP contribution is 2.41. The normalized spacial score (nSPS) is 18.5. The first-order valence-corrected chi connectivity index (χ1v) is 10.1. The Morgan fingerprint density at radius 3 is 2.60 bits per heavy atom. The molecular formula is C22H22ClN3O4. The van der Waals surface area contributed by atoms with Gasteiger partial charge in [-0.15, -0.1) is 0 Å². The third-order valence-corrected chi connectivity index (χ3v) is 5.47. The zero-order valence-corrected chi connectivity index (χ0v) is 17.5. The van der Waals surface area contributed by atoms with Crippen molar-refractivity contribution in [2.75, 3.05) is 31.8 Å². The topological polar surface area (TPSA) is 73.7 Å². The van der Waals surface area contributed by atoms with Crippen LogP contribution < -0.4 is 4.90 Å². The van der Waals surface area contributed by atoms with Crippen molar-refractivity contribution in [1.29, 1.82) is 0 Å². The van der Waals surface area contributed by atoms with Crippen LogP contribution in [-0.2, 0) is 19.1 Å². The van der Waals surface area contributed by atoms with Gasteiger partial charge in [-0.1, -0.05) is 35.9 Å². The van der Waals surface area contributed by atoms with Crippen molar-refractivity contribution < 1.29 is 19.1 Å². The summed E-state index contributed by atoms with van der Waals surface area (Å²) < 4.78 is 12.4. The van der Waals surface area contributed by atoms with Crippen LogP contribution in [0.5, 0.6) is 0 Å². The fourth-order valence-corrected chi connectivity index (χ4v) is 4.03. The molecule has 3 aromatic rings. The van der Waals surface area contributed by atoms with Gasteiger partial charge in [-0.2, -0.15) is 0 Å². The number of hydrogen-bond donors (Lipinski definition) is 0. The maximum Gasteiger partial charge on any atom is 0.321 e. The van der Waals surface area contributed by atoms with Crippen LogP contribution >= 0.6 is 11.6 Å². The largest absolute Gasteiger partial charge is 0.465 e. The third kappa shape index (κ3) is 3.44. The summed E-state index contributed by atoms with van der Waals surface area (Å²) in [7, 11) is 1.57. The number of halogens is 1. The molecule has 0 N–H and O–H groups in total. The van der Waals surface area contributed by atoms with E-state index in [0.717, 1.165) is 16.6 Å². The number of nitrogens with zero attached hydrogens (tertiary/aromatic N) is 3. The van der Waals surface area contributed by atoms with Crippen LogP contribution in [0.3, 0.4) is 0 Å². The molecule has 0 fully saturated rings. The van der Waals surface area contributed by atoms with Gasteiger partial charge in [0.1, 0.15) is 0 Å². The molecule has 30 heavy (non-hydrogen) atoms. The van der Waals surface area contributed by atoms with E-state index in [4.69, 9.17) is 26.1 Å². The molecule has 0 saturated carbocycles. The Labute approximate surface area is 179 Å². The van der Waals surface area contributed by atoms with Gasteiger partial charge >= 0.3 is 5.97 Å². The van der Waals surface area contributed by atoms with Crippen LogP contribution in [0.25, 0.3) is 11.0 Å². The van der Waals surface area contributed by atoms with Crippen molar-refractivity contribution in [3.05, 3.63) is 59.1 Å².